The summed E-state index contributed by atoms with van der Waals surface area (Å²) in [6, 6.07) is 3.76. The largest absolute Gasteiger partial charge is 0.416 e. The number of halogens is 3. The summed E-state index contributed by atoms with van der Waals surface area (Å²) in [5, 5.41) is 0. The van der Waals surface area contributed by atoms with E-state index in [0.29, 0.717) is 12.0 Å². The van der Waals surface area contributed by atoms with Crippen LogP contribution in [0.1, 0.15) is 16.7 Å². The third-order valence-electron chi connectivity index (χ3n) is 2.04. The minimum Gasteiger partial charge on any atom is -0.166 e. The first-order valence-corrected chi connectivity index (χ1v) is 4.23. The van der Waals surface area contributed by atoms with Crippen LogP contribution < -0.4 is 0 Å². The molecule has 0 fully saturated rings. The molecule has 1 rings (SSSR count). The highest BCUT2D eigenvalue weighted by Gasteiger charge is 2.30. The van der Waals surface area contributed by atoms with E-state index in [4.69, 9.17) is 0 Å². The third kappa shape index (κ3) is 2.37. The standard InChI is InChI=1S/C11H11F3/c1-3-4-9-7-10(11(12,13)14)6-5-8(9)2/h3,5-7H,1,4H2,2H3. The SMILES string of the molecule is C=CCc1cc(C(F)(F)F)ccc1C. The van der Waals surface area contributed by atoms with Crippen LogP contribution in [-0.2, 0) is 12.6 Å². The van der Waals surface area contributed by atoms with Gasteiger partial charge in [0.05, 0.1) is 5.56 Å². The lowest BCUT2D eigenvalue weighted by Gasteiger charge is -2.09. The Balaban J connectivity index is 3.12. The molecule has 0 saturated carbocycles. The summed E-state index contributed by atoms with van der Waals surface area (Å²) in [6.07, 6.45) is -2.19. The number of rotatable bonds is 2. The average molecular weight is 200 g/mol. The van der Waals surface area contributed by atoms with Crippen LogP contribution >= 0.6 is 0 Å². The van der Waals surface area contributed by atoms with Crippen molar-refractivity contribution < 1.29 is 13.2 Å². The van der Waals surface area contributed by atoms with E-state index in [1.807, 2.05) is 0 Å². The molecule has 0 aromatic heterocycles. The number of hydrogen-bond acceptors (Lipinski definition) is 0. The van der Waals surface area contributed by atoms with Crippen LogP contribution in [0.3, 0.4) is 0 Å². The Hall–Kier alpha value is -1.25. The highest BCUT2D eigenvalue weighted by Crippen LogP contribution is 2.30. The molecule has 0 bridgehead atoms. The topological polar surface area (TPSA) is 0 Å². The van der Waals surface area contributed by atoms with Gasteiger partial charge in [-0.2, -0.15) is 13.2 Å². The van der Waals surface area contributed by atoms with Crippen LogP contribution in [0.5, 0.6) is 0 Å². The molecule has 0 amide bonds. The van der Waals surface area contributed by atoms with E-state index in [0.717, 1.165) is 11.6 Å². The van der Waals surface area contributed by atoms with E-state index >= 15 is 0 Å². The lowest BCUT2D eigenvalue weighted by molar-refractivity contribution is -0.137. The molecule has 1 aromatic carbocycles. The molecule has 0 heterocycles. The van der Waals surface area contributed by atoms with E-state index in [-0.39, 0.29) is 0 Å². The summed E-state index contributed by atoms with van der Waals surface area (Å²) in [5.74, 6) is 0. The lowest BCUT2D eigenvalue weighted by atomic mass is 10.0. The van der Waals surface area contributed by atoms with Crippen molar-refractivity contribution in [2.24, 2.45) is 0 Å². The van der Waals surface area contributed by atoms with Gasteiger partial charge in [0, 0.05) is 0 Å². The predicted octanol–water partition coefficient (Wildman–Crippen LogP) is 3.74. The van der Waals surface area contributed by atoms with Gasteiger partial charge in [0.1, 0.15) is 0 Å². The first kappa shape index (κ1) is 10.8. The maximum absolute atomic E-state index is 12.3. The van der Waals surface area contributed by atoms with Crippen LogP contribution in [0.25, 0.3) is 0 Å². The predicted molar refractivity (Wildman–Crippen MR) is 50.1 cm³/mol. The molecule has 0 nitrogen and oxygen atoms in total. The van der Waals surface area contributed by atoms with Gasteiger partial charge in [0.2, 0.25) is 0 Å². The van der Waals surface area contributed by atoms with Gasteiger partial charge < -0.3 is 0 Å². The van der Waals surface area contributed by atoms with E-state index in [1.54, 1.807) is 13.0 Å². The lowest BCUT2D eigenvalue weighted by Crippen LogP contribution is -2.05. The van der Waals surface area contributed by atoms with Gasteiger partial charge in [-0.3, -0.25) is 0 Å². The van der Waals surface area contributed by atoms with Gasteiger partial charge >= 0.3 is 6.18 Å². The molecule has 0 saturated heterocycles. The van der Waals surface area contributed by atoms with Crippen LogP contribution in [0.15, 0.2) is 30.9 Å². The monoisotopic (exact) mass is 200 g/mol. The second-order valence-electron chi connectivity index (χ2n) is 3.13. The van der Waals surface area contributed by atoms with Gasteiger partial charge in [-0.1, -0.05) is 12.1 Å². The Morgan fingerprint density at radius 1 is 1.36 bits per heavy atom. The first-order chi connectivity index (χ1) is 6.45. The van der Waals surface area contributed by atoms with E-state index < -0.39 is 11.7 Å². The number of hydrogen-bond donors (Lipinski definition) is 0. The smallest absolute Gasteiger partial charge is 0.166 e. The average Bonchev–Trinajstić information content (AvgIpc) is 2.07. The molecule has 14 heavy (non-hydrogen) atoms. The van der Waals surface area contributed by atoms with Crippen molar-refractivity contribution in [3.8, 4) is 0 Å². The molecule has 0 radical (unpaired) electrons. The van der Waals surface area contributed by atoms with Gasteiger partial charge in [0.15, 0.2) is 0 Å². The quantitative estimate of drug-likeness (QED) is 0.638. The zero-order valence-electron chi connectivity index (χ0n) is 7.86. The zero-order valence-corrected chi connectivity index (χ0v) is 7.86. The maximum atomic E-state index is 12.3. The molecule has 0 aliphatic carbocycles. The summed E-state index contributed by atoms with van der Waals surface area (Å²) in [7, 11) is 0. The van der Waals surface area contributed by atoms with E-state index in [2.05, 4.69) is 6.58 Å². The normalized spacial score (nSPS) is 11.4. The van der Waals surface area contributed by atoms with Gasteiger partial charge in [-0.15, -0.1) is 6.58 Å². The molecule has 0 unspecified atom stereocenters. The summed E-state index contributed by atoms with van der Waals surface area (Å²) in [5.41, 5.74) is 0.938. The minimum absolute atomic E-state index is 0.468. The van der Waals surface area contributed by atoms with Crippen LogP contribution in [0, 0.1) is 6.92 Å². The van der Waals surface area contributed by atoms with Crippen molar-refractivity contribution in [3.05, 3.63) is 47.5 Å². The summed E-state index contributed by atoms with van der Waals surface area (Å²) in [4.78, 5) is 0. The molecule has 0 aliphatic rings. The van der Waals surface area contributed by atoms with Crippen molar-refractivity contribution in [1.82, 2.24) is 0 Å². The Morgan fingerprint density at radius 2 is 2.00 bits per heavy atom. The molecule has 0 atom stereocenters. The fourth-order valence-corrected chi connectivity index (χ4v) is 1.22. The minimum atomic E-state index is -4.26. The fraction of sp³-hybridized carbons (Fsp3) is 0.273. The Labute approximate surface area is 81.1 Å². The second-order valence-corrected chi connectivity index (χ2v) is 3.13. The summed E-state index contributed by atoms with van der Waals surface area (Å²) < 4.78 is 36.9. The first-order valence-electron chi connectivity index (χ1n) is 4.23. The second kappa shape index (κ2) is 3.86. The van der Waals surface area contributed by atoms with Gasteiger partial charge in [-0.25, -0.2) is 0 Å². The Bertz CT molecular complexity index is 337. The maximum Gasteiger partial charge on any atom is 0.416 e. The van der Waals surface area contributed by atoms with Crippen molar-refractivity contribution in [2.45, 2.75) is 19.5 Å². The molecule has 76 valence electrons. The highest BCUT2D eigenvalue weighted by molar-refractivity contribution is 5.33. The zero-order chi connectivity index (χ0) is 10.8. The van der Waals surface area contributed by atoms with Crippen molar-refractivity contribution >= 4 is 0 Å². The third-order valence-corrected chi connectivity index (χ3v) is 2.04. The van der Waals surface area contributed by atoms with Crippen molar-refractivity contribution in [3.63, 3.8) is 0 Å². The summed E-state index contributed by atoms with van der Waals surface area (Å²) >= 11 is 0. The number of aryl methyl sites for hydroxylation is 1. The molecular formula is C11H11F3. The van der Waals surface area contributed by atoms with Gasteiger partial charge in [-0.05, 0) is 36.6 Å². The molecule has 0 aliphatic heterocycles. The van der Waals surface area contributed by atoms with Crippen LogP contribution in [0.2, 0.25) is 0 Å². The van der Waals surface area contributed by atoms with Crippen molar-refractivity contribution in [1.29, 1.82) is 0 Å². The molecule has 0 spiro atoms. The van der Waals surface area contributed by atoms with Crippen LogP contribution in [0.4, 0.5) is 13.2 Å². The fourth-order valence-electron chi connectivity index (χ4n) is 1.22. The van der Waals surface area contributed by atoms with E-state index in [1.165, 1.54) is 12.1 Å². The molecule has 3 heteroatoms. The van der Waals surface area contributed by atoms with Crippen LogP contribution in [-0.4, -0.2) is 0 Å². The number of alkyl halides is 3. The molecule has 0 N–H and O–H groups in total. The number of benzene rings is 1. The highest BCUT2D eigenvalue weighted by atomic mass is 19.4. The van der Waals surface area contributed by atoms with Gasteiger partial charge in [0.25, 0.3) is 0 Å². The summed E-state index contributed by atoms with van der Waals surface area (Å²) in [6.45, 7) is 5.30. The van der Waals surface area contributed by atoms with Crippen molar-refractivity contribution in [2.75, 3.05) is 0 Å². The Morgan fingerprint density at radius 3 is 2.50 bits per heavy atom. The Kier molecular flexibility index (Phi) is 2.99. The molecule has 1 aromatic rings. The molecular weight excluding hydrogens is 189 g/mol. The number of allylic oxidation sites excluding steroid dienone is 1. The van der Waals surface area contributed by atoms with E-state index in [9.17, 15) is 13.2 Å².